The van der Waals surface area contributed by atoms with Gasteiger partial charge in [-0.05, 0) is 24.8 Å². The number of amides is 2. The minimum absolute atomic E-state index is 0.0361. The summed E-state index contributed by atoms with van der Waals surface area (Å²) < 4.78 is 0. The number of carbonyl (C=O) groups excluding carboxylic acids is 2. The molecule has 1 aliphatic rings. The van der Waals surface area contributed by atoms with Crippen molar-refractivity contribution in [3.8, 4) is 0 Å². The molecule has 0 saturated carbocycles. The van der Waals surface area contributed by atoms with E-state index in [1.807, 2.05) is 0 Å². The van der Waals surface area contributed by atoms with E-state index in [2.05, 4.69) is 25.7 Å². The summed E-state index contributed by atoms with van der Waals surface area (Å²) in [5.74, 6) is 0.624. The van der Waals surface area contributed by atoms with Gasteiger partial charge in [-0.15, -0.1) is 0 Å². The van der Waals surface area contributed by atoms with Crippen molar-refractivity contribution in [2.24, 2.45) is 11.8 Å². The van der Waals surface area contributed by atoms with E-state index in [-0.39, 0.29) is 17.7 Å². The Bertz CT molecular complexity index is 292. The molecule has 0 spiro atoms. The Morgan fingerprint density at radius 1 is 1.41 bits per heavy atom. The molecule has 1 saturated heterocycles. The highest BCUT2D eigenvalue weighted by atomic mass is 16.2. The van der Waals surface area contributed by atoms with Gasteiger partial charge in [0.25, 0.3) is 0 Å². The van der Waals surface area contributed by atoms with Gasteiger partial charge in [-0.1, -0.05) is 20.4 Å². The van der Waals surface area contributed by atoms with Gasteiger partial charge in [0.15, 0.2) is 0 Å². The molecular weight excluding hydrogens is 216 g/mol. The van der Waals surface area contributed by atoms with Crippen molar-refractivity contribution in [1.29, 1.82) is 0 Å². The lowest BCUT2D eigenvalue weighted by Gasteiger charge is -2.30. The molecule has 96 valence electrons. The second-order valence-electron chi connectivity index (χ2n) is 4.94. The van der Waals surface area contributed by atoms with Crippen LogP contribution in [0.4, 0.5) is 0 Å². The van der Waals surface area contributed by atoms with E-state index in [4.69, 9.17) is 0 Å². The summed E-state index contributed by atoms with van der Waals surface area (Å²) in [5, 5.41) is 2.95. The summed E-state index contributed by atoms with van der Waals surface area (Å²) in [4.78, 5) is 24.9. The number of nitrogens with zero attached hydrogens (tertiary/aromatic N) is 1. The van der Waals surface area contributed by atoms with Crippen molar-refractivity contribution in [3.63, 3.8) is 0 Å². The van der Waals surface area contributed by atoms with Crippen LogP contribution in [0.2, 0.25) is 0 Å². The first-order valence-corrected chi connectivity index (χ1v) is 6.23. The zero-order valence-electron chi connectivity index (χ0n) is 10.7. The third kappa shape index (κ3) is 4.21. The van der Waals surface area contributed by atoms with Gasteiger partial charge in [0.05, 0.1) is 0 Å². The monoisotopic (exact) mass is 238 g/mol. The van der Waals surface area contributed by atoms with Gasteiger partial charge in [0, 0.05) is 25.6 Å². The van der Waals surface area contributed by atoms with E-state index in [9.17, 15) is 9.59 Å². The molecule has 1 heterocycles. The van der Waals surface area contributed by atoms with Gasteiger partial charge in [-0.3, -0.25) is 9.59 Å². The first-order chi connectivity index (χ1) is 8.04. The largest absolute Gasteiger partial charge is 0.356 e. The molecule has 0 aromatic carbocycles. The Labute approximate surface area is 103 Å². The van der Waals surface area contributed by atoms with Crippen molar-refractivity contribution in [2.75, 3.05) is 19.6 Å². The first kappa shape index (κ1) is 13.7. The third-order valence-corrected chi connectivity index (χ3v) is 3.04. The maximum absolute atomic E-state index is 11.8. The minimum atomic E-state index is -0.0361. The third-order valence-electron chi connectivity index (χ3n) is 3.04. The minimum Gasteiger partial charge on any atom is -0.356 e. The second-order valence-corrected chi connectivity index (χ2v) is 4.94. The maximum atomic E-state index is 11.8. The van der Waals surface area contributed by atoms with Gasteiger partial charge >= 0.3 is 0 Å². The smallest absolute Gasteiger partial charge is 0.245 e. The summed E-state index contributed by atoms with van der Waals surface area (Å²) in [6, 6.07) is 0. The Morgan fingerprint density at radius 2 is 2.00 bits per heavy atom. The molecule has 0 unspecified atom stereocenters. The molecule has 0 aliphatic carbocycles. The molecule has 0 aromatic heterocycles. The summed E-state index contributed by atoms with van der Waals surface area (Å²) in [6.07, 6.45) is 2.84. The molecule has 4 heteroatoms. The zero-order chi connectivity index (χ0) is 12.8. The molecule has 1 fully saturated rings. The summed E-state index contributed by atoms with van der Waals surface area (Å²) >= 11 is 0. The van der Waals surface area contributed by atoms with Crippen LogP contribution >= 0.6 is 0 Å². The molecule has 0 aromatic rings. The van der Waals surface area contributed by atoms with Gasteiger partial charge in [0.1, 0.15) is 0 Å². The molecular formula is C13H22N2O2. The average Bonchev–Trinajstić information content (AvgIpc) is 2.35. The van der Waals surface area contributed by atoms with Crippen LogP contribution in [0.15, 0.2) is 12.7 Å². The molecule has 2 amide bonds. The Morgan fingerprint density at radius 3 is 2.47 bits per heavy atom. The quantitative estimate of drug-likeness (QED) is 0.748. The number of hydrogen-bond acceptors (Lipinski definition) is 2. The molecule has 0 radical (unpaired) electrons. The summed E-state index contributed by atoms with van der Waals surface area (Å²) in [5.41, 5.74) is 0. The van der Waals surface area contributed by atoms with E-state index in [0.717, 1.165) is 19.4 Å². The molecule has 17 heavy (non-hydrogen) atoms. The lowest BCUT2D eigenvalue weighted by Crippen LogP contribution is -2.43. The van der Waals surface area contributed by atoms with Crippen LogP contribution < -0.4 is 5.32 Å². The van der Waals surface area contributed by atoms with Crippen LogP contribution in [0.1, 0.15) is 26.7 Å². The normalized spacial score (nSPS) is 17.0. The van der Waals surface area contributed by atoms with E-state index in [1.165, 1.54) is 6.08 Å². The van der Waals surface area contributed by atoms with Crippen molar-refractivity contribution in [3.05, 3.63) is 12.7 Å². The number of hydrogen-bond donors (Lipinski definition) is 1. The summed E-state index contributed by atoms with van der Waals surface area (Å²) in [6.45, 7) is 9.66. The van der Waals surface area contributed by atoms with Gasteiger partial charge in [-0.2, -0.15) is 0 Å². The Balaban J connectivity index is 2.33. The van der Waals surface area contributed by atoms with Crippen molar-refractivity contribution < 1.29 is 9.59 Å². The highest BCUT2D eigenvalue weighted by molar-refractivity contribution is 5.87. The molecule has 1 aliphatic heterocycles. The Hall–Kier alpha value is -1.32. The van der Waals surface area contributed by atoms with E-state index in [0.29, 0.717) is 19.0 Å². The highest BCUT2D eigenvalue weighted by Gasteiger charge is 2.26. The molecule has 1 N–H and O–H groups in total. The molecule has 4 nitrogen and oxygen atoms in total. The second kappa shape index (κ2) is 6.42. The van der Waals surface area contributed by atoms with Gasteiger partial charge in [0.2, 0.25) is 11.8 Å². The lowest BCUT2D eigenvalue weighted by atomic mass is 9.95. The van der Waals surface area contributed by atoms with Crippen molar-refractivity contribution in [1.82, 2.24) is 10.2 Å². The zero-order valence-corrected chi connectivity index (χ0v) is 10.7. The SMILES string of the molecule is C=CC(=O)N1CCC(C(=O)NCC(C)C)CC1. The van der Waals surface area contributed by atoms with E-state index in [1.54, 1.807) is 4.90 Å². The van der Waals surface area contributed by atoms with Crippen LogP contribution in [-0.4, -0.2) is 36.3 Å². The predicted octanol–water partition coefficient (Wildman–Crippen LogP) is 1.18. The van der Waals surface area contributed by atoms with Crippen LogP contribution in [0.25, 0.3) is 0 Å². The number of rotatable bonds is 4. The molecule has 0 atom stereocenters. The molecule has 0 bridgehead atoms. The summed E-state index contributed by atoms with van der Waals surface area (Å²) in [7, 11) is 0. The Kier molecular flexibility index (Phi) is 5.19. The fourth-order valence-electron chi connectivity index (χ4n) is 1.94. The first-order valence-electron chi connectivity index (χ1n) is 6.23. The fourth-order valence-corrected chi connectivity index (χ4v) is 1.94. The van der Waals surface area contributed by atoms with E-state index < -0.39 is 0 Å². The van der Waals surface area contributed by atoms with Gasteiger partial charge < -0.3 is 10.2 Å². The lowest BCUT2D eigenvalue weighted by molar-refractivity contribution is -0.132. The maximum Gasteiger partial charge on any atom is 0.245 e. The highest BCUT2D eigenvalue weighted by Crippen LogP contribution is 2.17. The average molecular weight is 238 g/mol. The number of carbonyl (C=O) groups is 2. The van der Waals surface area contributed by atoms with Crippen LogP contribution in [0, 0.1) is 11.8 Å². The topological polar surface area (TPSA) is 49.4 Å². The van der Waals surface area contributed by atoms with E-state index >= 15 is 0 Å². The standard InChI is InChI=1S/C13H22N2O2/c1-4-12(16)15-7-5-11(6-8-15)13(17)14-9-10(2)3/h4,10-11H,1,5-9H2,2-3H3,(H,14,17). The fraction of sp³-hybridized carbons (Fsp3) is 0.692. The number of piperidine rings is 1. The number of nitrogens with one attached hydrogen (secondary N) is 1. The van der Waals surface area contributed by atoms with Crippen molar-refractivity contribution >= 4 is 11.8 Å². The number of likely N-dealkylation sites (tertiary alicyclic amines) is 1. The molecule has 1 rings (SSSR count). The van der Waals surface area contributed by atoms with Crippen LogP contribution in [-0.2, 0) is 9.59 Å². The van der Waals surface area contributed by atoms with Crippen LogP contribution in [0.5, 0.6) is 0 Å². The van der Waals surface area contributed by atoms with Crippen LogP contribution in [0.3, 0.4) is 0 Å². The predicted molar refractivity (Wildman–Crippen MR) is 67.3 cm³/mol. The van der Waals surface area contributed by atoms with Crippen molar-refractivity contribution in [2.45, 2.75) is 26.7 Å². The van der Waals surface area contributed by atoms with Gasteiger partial charge in [-0.25, -0.2) is 0 Å².